The molecule has 2 heterocycles. The fraction of sp³-hybridized carbons (Fsp3) is 0.400. The van der Waals surface area contributed by atoms with Gasteiger partial charge >= 0.3 is 188 Å². The van der Waals surface area contributed by atoms with Crippen molar-refractivity contribution in [1.29, 1.82) is 5.26 Å². The van der Waals surface area contributed by atoms with E-state index >= 15 is 0 Å². The summed E-state index contributed by atoms with van der Waals surface area (Å²) in [7, 11) is -3.26. The van der Waals surface area contributed by atoms with E-state index in [0.29, 0.717) is 42.6 Å². The molecule has 1 aromatic heterocycles. The Balaban J connectivity index is 1.69. The van der Waals surface area contributed by atoms with Crippen LogP contribution in [0.25, 0.3) is 0 Å². The van der Waals surface area contributed by atoms with Gasteiger partial charge in [-0.25, -0.2) is 0 Å². The van der Waals surface area contributed by atoms with Crippen molar-refractivity contribution in [1.82, 2.24) is 14.9 Å². The third kappa shape index (κ3) is 5.96. The van der Waals surface area contributed by atoms with E-state index in [9.17, 15) is 18.5 Å². The van der Waals surface area contributed by atoms with Crippen molar-refractivity contribution in [3.8, 4) is 11.9 Å². The predicted octanol–water partition coefficient (Wildman–Crippen LogP) is 0.406. The molecular weight excluding hydrogens is 483 g/mol. The second-order valence-corrected chi connectivity index (χ2v) is 11.3. The van der Waals surface area contributed by atoms with Crippen molar-refractivity contribution in [3.63, 3.8) is 0 Å². The van der Waals surface area contributed by atoms with Crippen LogP contribution in [0.15, 0.2) is 35.5 Å². The topological polar surface area (TPSA) is 122 Å². The first-order valence-electron chi connectivity index (χ1n) is 9.67. The van der Waals surface area contributed by atoms with Gasteiger partial charge in [0.25, 0.3) is 0 Å². The number of rotatable bonds is 6. The molecule has 1 aliphatic rings. The van der Waals surface area contributed by atoms with Crippen molar-refractivity contribution in [3.05, 3.63) is 36.2 Å². The predicted molar refractivity (Wildman–Crippen MR) is 114 cm³/mol. The molecule has 163 valence electrons. The molecule has 0 spiro atoms. The van der Waals surface area contributed by atoms with Crippen molar-refractivity contribution in [2.75, 3.05) is 26.0 Å². The molecule has 0 atom stereocenters. The van der Waals surface area contributed by atoms with Crippen LogP contribution in [0.3, 0.4) is 0 Å². The second-order valence-electron chi connectivity index (χ2n) is 6.87. The number of hydrogen-bond acceptors (Lipinski definition) is 8. The van der Waals surface area contributed by atoms with Gasteiger partial charge in [0, 0.05) is 0 Å². The summed E-state index contributed by atoms with van der Waals surface area (Å²) in [5.41, 5.74) is 0.294. The standard InChI is InChI=1S/C20H22AsN4O5S/c1-3-29-20(26)25-10-8-15(9-11-25)30-19-17(12-22)18(23-13-24-19)21-14-4-6-16(7-5-14)31(2,27)28/h4-7,13,15H,3,8-11H2,1-2H3. The normalized spacial score (nSPS) is 15.1. The van der Waals surface area contributed by atoms with Gasteiger partial charge < -0.3 is 0 Å². The van der Waals surface area contributed by atoms with Crippen LogP contribution in [0.2, 0.25) is 0 Å². The van der Waals surface area contributed by atoms with Crippen LogP contribution in [0.5, 0.6) is 5.88 Å². The molecule has 0 aliphatic carbocycles. The first kappa shape index (κ1) is 23.0. The monoisotopic (exact) mass is 505 g/mol. The molecule has 3 rings (SSSR count). The minimum absolute atomic E-state index is 0.161. The van der Waals surface area contributed by atoms with Gasteiger partial charge in [-0.1, -0.05) is 0 Å². The number of hydrogen-bond donors (Lipinski definition) is 0. The Bertz CT molecular complexity index is 1080. The number of likely N-dealkylation sites (tertiary alicyclic amines) is 1. The van der Waals surface area contributed by atoms with E-state index in [-0.39, 0.29) is 23.0 Å². The van der Waals surface area contributed by atoms with Gasteiger partial charge in [-0.05, 0) is 0 Å². The molecule has 1 radical (unpaired) electrons. The van der Waals surface area contributed by atoms with E-state index in [4.69, 9.17) is 9.47 Å². The molecular formula is C20H22AsN4O5S. The van der Waals surface area contributed by atoms with Crippen molar-refractivity contribution in [2.45, 2.75) is 30.8 Å². The summed E-state index contributed by atoms with van der Waals surface area (Å²) >= 11 is -0.656. The van der Waals surface area contributed by atoms with Crippen LogP contribution < -0.4 is 13.6 Å². The summed E-state index contributed by atoms with van der Waals surface area (Å²) in [5.74, 6) is 0.241. The van der Waals surface area contributed by atoms with Crippen LogP contribution in [0.4, 0.5) is 4.79 Å². The number of nitrogens with zero attached hydrogens (tertiary/aromatic N) is 4. The molecule has 0 saturated carbocycles. The van der Waals surface area contributed by atoms with Gasteiger partial charge in [-0.15, -0.1) is 0 Å². The van der Waals surface area contributed by atoms with Gasteiger partial charge in [0.2, 0.25) is 0 Å². The summed E-state index contributed by atoms with van der Waals surface area (Å²) in [6, 6.07) is 8.74. The third-order valence-corrected chi connectivity index (χ3v) is 8.10. The zero-order valence-electron chi connectivity index (χ0n) is 17.2. The Kier molecular flexibility index (Phi) is 7.52. The molecule has 31 heavy (non-hydrogen) atoms. The number of ether oxygens (including phenoxy) is 2. The fourth-order valence-electron chi connectivity index (χ4n) is 3.05. The Hall–Kier alpha value is -2.63. The molecule has 2 aromatic rings. The Morgan fingerprint density at radius 1 is 1.26 bits per heavy atom. The third-order valence-electron chi connectivity index (χ3n) is 4.65. The Morgan fingerprint density at radius 3 is 2.52 bits per heavy atom. The molecule has 1 fully saturated rings. The van der Waals surface area contributed by atoms with Crippen LogP contribution in [-0.2, 0) is 14.6 Å². The summed E-state index contributed by atoms with van der Waals surface area (Å²) in [4.78, 5) is 22.1. The number of amides is 1. The SMILES string of the molecule is CCOC(=O)N1CCC(Oc2ncnc([As]c3ccc(S(C)(=O)=O)cc3)c2C#N)CC1. The molecule has 0 N–H and O–H groups in total. The van der Waals surface area contributed by atoms with Crippen LogP contribution in [0.1, 0.15) is 25.3 Å². The average Bonchev–Trinajstić information content (AvgIpc) is 2.74. The van der Waals surface area contributed by atoms with Crippen molar-refractivity contribution in [2.24, 2.45) is 0 Å². The van der Waals surface area contributed by atoms with Gasteiger partial charge in [-0.3, -0.25) is 0 Å². The number of aromatic nitrogens is 2. The van der Waals surface area contributed by atoms with Crippen LogP contribution >= 0.6 is 0 Å². The zero-order chi connectivity index (χ0) is 22.4. The Morgan fingerprint density at radius 2 is 1.94 bits per heavy atom. The van der Waals surface area contributed by atoms with E-state index in [1.807, 2.05) is 0 Å². The van der Waals surface area contributed by atoms with E-state index in [0.717, 1.165) is 10.6 Å². The van der Waals surface area contributed by atoms with Crippen LogP contribution in [0, 0.1) is 11.3 Å². The molecule has 11 heteroatoms. The molecule has 1 aromatic carbocycles. The number of piperidine rings is 1. The maximum atomic E-state index is 11.8. The molecule has 1 aliphatic heterocycles. The number of carbonyl (C=O) groups excluding carboxylic acids is 1. The van der Waals surface area contributed by atoms with Gasteiger partial charge in [-0.2, -0.15) is 0 Å². The van der Waals surface area contributed by atoms with E-state index < -0.39 is 25.6 Å². The van der Waals surface area contributed by atoms with Gasteiger partial charge in [0.05, 0.1) is 0 Å². The summed E-state index contributed by atoms with van der Waals surface area (Å²) in [6.45, 7) is 3.14. The maximum absolute atomic E-state index is 11.8. The minimum atomic E-state index is -3.26. The first-order chi connectivity index (χ1) is 14.8. The molecule has 1 saturated heterocycles. The van der Waals surface area contributed by atoms with E-state index in [2.05, 4.69) is 16.0 Å². The molecule has 9 nitrogen and oxygen atoms in total. The first-order valence-corrected chi connectivity index (χ1v) is 13.4. The summed E-state index contributed by atoms with van der Waals surface area (Å²) in [5, 5.41) is 9.69. The Labute approximate surface area is 188 Å². The molecule has 0 unspecified atom stereocenters. The van der Waals surface area contributed by atoms with E-state index in [1.54, 1.807) is 36.1 Å². The average molecular weight is 505 g/mol. The van der Waals surface area contributed by atoms with Crippen LogP contribution in [-0.4, -0.2) is 77.2 Å². The second kappa shape index (κ2) is 10.1. The van der Waals surface area contributed by atoms with E-state index in [1.165, 1.54) is 6.33 Å². The number of benzene rings is 1. The number of sulfone groups is 1. The molecule has 0 bridgehead atoms. The quantitative estimate of drug-likeness (QED) is 0.518. The summed E-state index contributed by atoms with van der Waals surface area (Å²) in [6.07, 6.45) is 3.28. The van der Waals surface area contributed by atoms with Gasteiger partial charge in [0.15, 0.2) is 0 Å². The zero-order valence-corrected chi connectivity index (χ0v) is 19.9. The molecule has 1 amide bonds. The summed E-state index contributed by atoms with van der Waals surface area (Å²) < 4.78 is 35.8. The number of nitriles is 1. The fourth-order valence-corrected chi connectivity index (χ4v) is 5.59. The van der Waals surface area contributed by atoms with Crippen molar-refractivity contribution >= 4 is 40.5 Å². The van der Waals surface area contributed by atoms with Gasteiger partial charge in [0.1, 0.15) is 0 Å². The van der Waals surface area contributed by atoms with Crippen molar-refractivity contribution < 1.29 is 22.7 Å². The number of carbonyl (C=O) groups is 1.